The Kier molecular flexibility index (Phi) is 5.74. The number of nitro groups is 1. The Morgan fingerprint density at radius 3 is 2.07 bits per heavy atom. The smallest absolute Gasteiger partial charge is 0.292 e. The molecule has 2 aromatic carbocycles. The van der Waals surface area contributed by atoms with Gasteiger partial charge in [-0.15, -0.1) is 0 Å². The Hall–Kier alpha value is -3.29. The number of amides is 1. The lowest BCUT2D eigenvalue weighted by Gasteiger charge is -2.39. The van der Waals surface area contributed by atoms with E-state index >= 15 is 0 Å². The van der Waals surface area contributed by atoms with Crippen molar-refractivity contribution in [2.45, 2.75) is 12.8 Å². The number of piperazine rings is 1. The maximum atomic E-state index is 13.0. The molecule has 0 aromatic heterocycles. The third-order valence-electron chi connectivity index (χ3n) is 6.08. The van der Waals surface area contributed by atoms with E-state index < -0.39 is 0 Å². The summed E-state index contributed by atoms with van der Waals surface area (Å²) in [4.78, 5) is 30.0. The maximum absolute atomic E-state index is 13.0. The first-order valence-corrected chi connectivity index (χ1v) is 10.3. The second kappa shape index (κ2) is 8.61. The Morgan fingerprint density at radius 1 is 0.867 bits per heavy atom. The van der Waals surface area contributed by atoms with Crippen LogP contribution in [0.2, 0.25) is 0 Å². The summed E-state index contributed by atoms with van der Waals surface area (Å²) in [6, 6.07) is 14.1. The molecule has 0 unspecified atom stereocenters. The van der Waals surface area contributed by atoms with Gasteiger partial charge >= 0.3 is 0 Å². The van der Waals surface area contributed by atoms with Crippen LogP contribution in [0.5, 0.6) is 5.75 Å². The fraction of sp³-hybridized carbons (Fsp3) is 0.409. The van der Waals surface area contributed by atoms with E-state index in [1.165, 1.54) is 6.07 Å². The van der Waals surface area contributed by atoms with Crippen molar-refractivity contribution in [2.75, 3.05) is 49.1 Å². The number of nitrogens with zero attached hydrogens (tertiary/aromatic N) is 4. The fourth-order valence-electron chi connectivity index (χ4n) is 4.41. The van der Waals surface area contributed by atoms with Gasteiger partial charge in [0.25, 0.3) is 5.69 Å². The van der Waals surface area contributed by atoms with E-state index in [2.05, 4.69) is 4.90 Å². The Bertz CT molecular complexity index is 919. The summed E-state index contributed by atoms with van der Waals surface area (Å²) in [5.74, 6) is 0.398. The van der Waals surface area contributed by atoms with Gasteiger partial charge in [0.2, 0.25) is 5.91 Å². The molecule has 0 spiro atoms. The number of carbonyl (C=O) groups excluding carboxylic acids is 1. The van der Waals surface area contributed by atoms with Crippen LogP contribution in [0.25, 0.3) is 0 Å². The van der Waals surface area contributed by atoms with Crippen molar-refractivity contribution in [1.29, 1.82) is 0 Å². The summed E-state index contributed by atoms with van der Waals surface area (Å²) in [5, 5.41) is 21.3. The molecule has 0 saturated carbocycles. The molecule has 2 fully saturated rings. The zero-order chi connectivity index (χ0) is 21.1. The van der Waals surface area contributed by atoms with E-state index in [4.69, 9.17) is 0 Å². The van der Waals surface area contributed by atoms with Crippen LogP contribution in [0.3, 0.4) is 0 Å². The molecule has 2 saturated heterocycles. The van der Waals surface area contributed by atoms with E-state index in [1.807, 2.05) is 28.0 Å². The maximum Gasteiger partial charge on any atom is 0.292 e. The lowest BCUT2D eigenvalue weighted by Crippen LogP contribution is -2.51. The molecule has 2 aromatic rings. The Labute approximate surface area is 175 Å². The highest BCUT2D eigenvalue weighted by atomic mass is 16.6. The molecule has 0 atom stereocenters. The van der Waals surface area contributed by atoms with Crippen molar-refractivity contribution < 1.29 is 14.8 Å². The van der Waals surface area contributed by atoms with Gasteiger partial charge < -0.3 is 19.8 Å². The van der Waals surface area contributed by atoms with Crippen molar-refractivity contribution in [2.24, 2.45) is 5.92 Å². The number of aromatic hydroxyl groups is 1. The zero-order valence-electron chi connectivity index (χ0n) is 16.8. The molecule has 2 aliphatic heterocycles. The van der Waals surface area contributed by atoms with Crippen LogP contribution >= 0.6 is 0 Å². The van der Waals surface area contributed by atoms with Gasteiger partial charge in [-0.05, 0) is 31.0 Å². The van der Waals surface area contributed by atoms with Crippen LogP contribution in [-0.4, -0.2) is 60.1 Å². The monoisotopic (exact) mass is 410 g/mol. The van der Waals surface area contributed by atoms with Gasteiger partial charge in [0.05, 0.1) is 10.6 Å². The summed E-state index contributed by atoms with van der Waals surface area (Å²) in [7, 11) is 0. The number of rotatable bonds is 4. The summed E-state index contributed by atoms with van der Waals surface area (Å²) >= 11 is 0. The van der Waals surface area contributed by atoms with Crippen LogP contribution in [-0.2, 0) is 4.79 Å². The molecular weight excluding hydrogens is 384 g/mol. The number of hydrogen-bond acceptors (Lipinski definition) is 6. The minimum atomic E-state index is -0.351. The summed E-state index contributed by atoms with van der Waals surface area (Å²) in [6.07, 6.45) is 1.40. The van der Waals surface area contributed by atoms with Gasteiger partial charge in [-0.1, -0.05) is 24.3 Å². The van der Waals surface area contributed by atoms with Gasteiger partial charge in [0.1, 0.15) is 11.4 Å². The highest BCUT2D eigenvalue weighted by Gasteiger charge is 2.32. The molecule has 158 valence electrons. The number of hydrogen-bond donors (Lipinski definition) is 1. The van der Waals surface area contributed by atoms with Gasteiger partial charge in [-0.25, -0.2) is 0 Å². The van der Waals surface area contributed by atoms with Gasteiger partial charge in [0, 0.05) is 51.3 Å². The second-order valence-corrected chi connectivity index (χ2v) is 7.81. The lowest BCUT2D eigenvalue weighted by atomic mass is 9.94. The molecule has 0 radical (unpaired) electrons. The molecule has 2 aliphatic rings. The average molecular weight is 410 g/mol. The first-order chi connectivity index (χ1) is 14.5. The SMILES string of the molecule is O=C(C1CCN(c2ccccc2[N+](=O)[O-])CC1)N1CCN(c2ccccc2O)CC1. The second-order valence-electron chi connectivity index (χ2n) is 7.81. The number of phenols is 1. The molecule has 8 nitrogen and oxygen atoms in total. The first-order valence-electron chi connectivity index (χ1n) is 10.3. The average Bonchev–Trinajstić information content (AvgIpc) is 2.79. The molecule has 4 rings (SSSR count). The lowest BCUT2D eigenvalue weighted by molar-refractivity contribution is -0.384. The first kappa shape index (κ1) is 20.0. The Balaban J connectivity index is 1.32. The standard InChI is InChI=1S/C22H26N4O4/c27-21-8-4-3-7-20(21)24-13-15-25(16-14-24)22(28)17-9-11-23(12-10-17)18-5-1-2-6-19(18)26(29)30/h1-8,17,27H,9-16H2. The minimum Gasteiger partial charge on any atom is -0.506 e. The van der Waals surface area contributed by atoms with Gasteiger partial charge in [0.15, 0.2) is 0 Å². The number of nitro benzene ring substituents is 1. The van der Waals surface area contributed by atoms with Crippen molar-refractivity contribution in [1.82, 2.24) is 4.90 Å². The molecule has 2 heterocycles. The van der Waals surface area contributed by atoms with Crippen LogP contribution < -0.4 is 9.80 Å². The fourth-order valence-corrected chi connectivity index (χ4v) is 4.41. The van der Waals surface area contributed by atoms with E-state index in [9.17, 15) is 20.0 Å². The molecule has 8 heteroatoms. The van der Waals surface area contributed by atoms with Gasteiger partial charge in [-0.2, -0.15) is 0 Å². The van der Waals surface area contributed by atoms with Crippen molar-refractivity contribution in [3.8, 4) is 5.75 Å². The molecule has 1 N–H and O–H groups in total. The molecule has 1 amide bonds. The highest BCUT2D eigenvalue weighted by Crippen LogP contribution is 2.32. The van der Waals surface area contributed by atoms with Crippen molar-refractivity contribution >= 4 is 23.0 Å². The summed E-state index contributed by atoms with van der Waals surface area (Å²) < 4.78 is 0. The predicted molar refractivity (Wildman–Crippen MR) is 115 cm³/mol. The zero-order valence-corrected chi connectivity index (χ0v) is 16.8. The quantitative estimate of drug-likeness (QED) is 0.616. The number of para-hydroxylation sites is 4. The van der Waals surface area contributed by atoms with E-state index in [0.29, 0.717) is 57.8 Å². The number of phenolic OH excluding ortho intramolecular Hbond substituents is 1. The summed E-state index contributed by atoms with van der Waals surface area (Å²) in [6.45, 7) is 3.93. The third kappa shape index (κ3) is 4.03. The summed E-state index contributed by atoms with van der Waals surface area (Å²) in [5.41, 5.74) is 1.55. The van der Waals surface area contributed by atoms with Crippen LogP contribution in [0.15, 0.2) is 48.5 Å². The van der Waals surface area contributed by atoms with Crippen molar-refractivity contribution in [3.05, 3.63) is 58.6 Å². The van der Waals surface area contributed by atoms with E-state index in [1.54, 1.807) is 24.3 Å². The van der Waals surface area contributed by atoms with Crippen LogP contribution in [0.4, 0.5) is 17.1 Å². The topological polar surface area (TPSA) is 90.2 Å². The van der Waals surface area contributed by atoms with Gasteiger partial charge in [-0.3, -0.25) is 14.9 Å². The normalized spacial score (nSPS) is 17.8. The predicted octanol–water partition coefficient (Wildman–Crippen LogP) is 2.87. The molecule has 0 aliphatic carbocycles. The number of anilines is 2. The van der Waals surface area contributed by atoms with Crippen LogP contribution in [0, 0.1) is 16.0 Å². The van der Waals surface area contributed by atoms with E-state index in [-0.39, 0.29) is 28.2 Å². The minimum absolute atomic E-state index is 0.0410. The van der Waals surface area contributed by atoms with Crippen LogP contribution in [0.1, 0.15) is 12.8 Å². The van der Waals surface area contributed by atoms with E-state index in [0.717, 1.165) is 5.69 Å². The molecule has 0 bridgehead atoms. The highest BCUT2D eigenvalue weighted by molar-refractivity contribution is 5.80. The number of benzene rings is 2. The molecular formula is C22H26N4O4. The largest absolute Gasteiger partial charge is 0.506 e. The number of piperidine rings is 1. The molecule has 30 heavy (non-hydrogen) atoms. The number of carbonyl (C=O) groups is 1. The third-order valence-corrected chi connectivity index (χ3v) is 6.08. The van der Waals surface area contributed by atoms with Crippen molar-refractivity contribution in [3.63, 3.8) is 0 Å². The Morgan fingerprint density at radius 2 is 1.43 bits per heavy atom.